The first-order valence-electron chi connectivity index (χ1n) is 10.6. The van der Waals surface area contributed by atoms with Crippen LogP contribution >= 0.6 is 0 Å². The first-order valence-corrected chi connectivity index (χ1v) is 10.6. The zero-order valence-electron chi connectivity index (χ0n) is 17.8. The molecule has 1 aliphatic heterocycles. The summed E-state index contributed by atoms with van der Waals surface area (Å²) in [6.45, 7) is 12.0. The van der Waals surface area contributed by atoms with Gasteiger partial charge in [0.1, 0.15) is 6.04 Å². The van der Waals surface area contributed by atoms with E-state index in [9.17, 15) is 9.59 Å². The first-order chi connectivity index (χ1) is 13.5. The average molecular weight is 389 g/mol. The summed E-state index contributed by atoms with van der Waals surface area (Å²) in [6.07, 6.45) is 2.92. The topological polar surface area (TPSA) is 64.7 Å². The van der Waals surface area contributed by atoms with Crippen molar-refractivity contribution in [2.75, 3.05) is 37.6 Å². The molecule has 2 rings (SSSR count). The molecule has 0 aliphatic carbocycles. The molecule has 6 nitrogen and oxygen atoms in total. The Bertz CT molecular complexity index is 643. The van der Waals surface area contributed by atoms with Crippen molar-refractivity contribution >= 4 is 17.6 Å². The molecule has 1 fully saturated rings. The molecule has 0 aromatic heterocycles. The molecule has 0 bridgehead atoms. The van der Waals surface area contributed by atoms with Crippen LogP contribution < -0.4 is 15.5 Å². The molecule has 1 aliphatic rings. The summed E-state index contributed by atoms with van der Waals surface area (Å²) < 4.78 is 0. The van der Waals surface area contributed by atoms with Gasteiger partial charge in [0.2, 0.25) is 5.91 Å². The minimum Gasteiger partial charge on any atom is -0.370 e. The zero-order chi connectivity index (χ0) is 20.5. The van der Waals surface area contributed by atoms with Gasteiger partial charge in [-0.2, -0.15) is 0 Å². The van der Waals surface area contributed by atoms with E-state index in [0.29, 0.717) is 6.54 Å². The summed E-state index contributed by atoms with van der Waals surface area (Å²) in [5, 5.41) is 6.00. The Labute approximate surface area is 169 Å². The number of benzene rings is 1. The Morgan fingerprint density at radius 1 is 1.18 bits per heavy atom. The molecule has 1 aromatic rings. The van der Waals surface area contributed by atoms with Crippen molar-refractivity contribution in [1.29, 1.82) is 0 Å². The van der Waals surface area contributed by atoms with Crippen molar-refractivity contribution in [3.8, 4) is 0 Å². The van der Waals surface area contributed by atoms with Gasteiger partial charge in [-0.1, -0.05) is 38.5 Å². The van der Waals surface area contributed by atoms with Gasteiger partial charge in [0.15, 0.2) is 0 Å². The van der Waals surface area contributed by atoms with E-state index in [4.69, 9.17) is 0 Å². The van der Waals surface area contributed by atoms with Gasteiger partial charge in [-0.25, -0.2) is 4.79 Å². The fourth-order valence-corrected chi connectivity index (χ4v) is 3.64. The number of likely N-dealkylation sites (tertiary alicyclic amines) is 1. The van der Waals surface area contributed by atoms with E-state index < -0.39 is 6.04 Å². The number of para-hydroxylation sites is 1. The summed E-state index contributed by atoms with van der Waals surface area (Å²) in [6, 6.07) is 7.67. The smallest absolute Gasteiger partial charge is 0.318 e. The van der Waals surface area contributed by atoms with Gasteiger partial charge in [-0.15, -0.1) is 0 Å². The molecule has 2 atom stereocenters. The second-order valence-electron chi connectivity index (χ2n) is 7.66. The van der Waals surface area contributed by atoms with Crippen LogP contribution in [0, 0.1) is 12.8 Å². The highest BCUT2D eigenvalue weighted by atomic mass is 16.2. The molecule has 1 heterocycles. The molecule has 0 spiro atoms. The van der Waals surface area contributed by atoms with E-state index in [2.05, 4.69) is 41.5 Å². The van der Waals surface area contributed by atoms with Gasteiger partial charge in [0.25, 0.3) is 0 Å². The summed E-state index contributed by atoms with van der Waals surface area (Å²) in [5.41, 5.74) is 2.42. The third-order valence-electron chi connectivity index (χ3n) is 5.69. The number of rotatable bonds is 9. The summed E-state index contributed by atoms with van der Waals surface area (Å²) in [4.78, 5) is 29.3. The zero-order valence-corrected chi connectivity index (χ0v) is 17.8. The first kappa shape index (κ1) is 22.1. The third kappa shape index (κ3) is 5.88. The third-order valence-corrected chi connectivity index (χ3v) is 5.69. The largest absolute Gasteiger partial charge is 0.370 e. The van der Waals surface area contributed by atoms with E-state index in [-0.39, 0.29) is 17.9 Å². The van der Waals surface area contributed by atoms with Crippen LogP contribution in [0.4, 0.5) is 10.5 Å². The van der Waals surface area contributed by atoms with Crippen molar-refractivity contribution < 1.29 is 9.59 Å². The van der Waals surface area contributed by atoms with Crippen LogP contribution in [0.25, 0.3) is 0 Å². The highest BCUT2D eigenvalue weighted by Gasteiger charge is 2.28. The van der Waals surface area contributed by atoms with Crippen LogP contribution in [0.15, 0.2) is 24.3 Å². The standard InChI is InChI=1S/C22H36N4O2/c1-5-17(3)20(24-22(28)26-14-9-10-15-26)21(27)23-13-16-25(6-2)19-12-8-7-11-18(19)4/h7-8,11-12,17,20H,5-6,9-10,13-16H2,1-4H3,(H,23,27)(H,24,28)/t17?,20-/m0/s1. The normalized spacial score (nSPS) is 15.8. The number of amides is 3. The lowest BCUT2D eigenvalue weighted by Gasteiger charge is -2.28. The minimum atomic E-state index is -0.494. The molecule has 1 saturated heterocycles. The van der Waals surface area contributed by atoms with Gasteiger partial charge in [0.05, 0.1) is 0 Å². The van der Waals surface area contributed by atoms with Crippen LogP contribution in [-0.4, -0.2) is 55.6 Å². The van der Waals surface area contributed by atoms with Crippen molar-refractivity contribution in [3.63, 3.8) is 0 Å². The number of hydrogen-bond acceptors (Lipinski definition) is 3. The summed E-state index contributed by atoms with van der Waals surface area (Å²) in [5.74, 6) is -0.00654. The average Bonchev–Trinajstić information content (AvgIpc) is 3.24. The predicted molar refractivity (Wildman–Crippen MR) is 115 cm³/mol. The van der Waals surface area contributed by atoms with Crippen LogP contribution in [0.1, 0.15) is 45.6 Å². The lowest BCUT2D eigenvalue weighted by molar-refractivity contribution is -0.124. The van der Waals surface area contributed by atoms with Gasteiger partial charge in [-0.3, -0.25) is 4.79 Å². The summed E-state index contributed by atoms with van der Waals surface area (Å²) >= 11 is 0. The van der Waals surface area contributed by atoms with E-state index in [1.807, 2.05) is 26.0 Å². The Morgan fingerprint density at radius 2 is 1.86 bits per heavy atom. The molecule has 156 valence electrons. The fraction of sp³-hybridized carbons (Fsp3) is 0.636. The summed E-state index contributed by atoms with van der Waals surface area (Å²) in [7, 11) is 0. The molecule has 28 heavy (non-hydrogen) atoms. The number of carbonyl (C=O) groups excluding carboxylic acids is 2. The Kier molecular flexibility index (Phi) is 8.61. The lowest BCUT2D eigenvalue weighted by Crippen LogP contribution is -2.54. The number of anilines is 1. The number of hydrogen-bond donors (Lipinski definition) is 2. The van der Waals surface area contributed by atoms with E-state index >= 15 is 0 Å². The highest BCUT2D eigenvalue weighted by Crippen LogP contribution is 2.18. The SMILES string of the molecule is CCC(C)[C@H](NC(=O)N1CCCC1)C(=O)NCCN(CC)c1ccccc1C. The Hall–Kier alpha value is -2.24. The molecule has 3 amide bonds. The van der Waals surface area contributed by atoms with Gasteiger partial charge >= 0.3 is 6.03 Å². The second-order valence-corrected chi connectivity index (χ2v) is 7.66. The van der Waals surface area contributed by atoms with Crippen LogP contribution in [-0.2, 0) is 4.79 Å². The van der Waals surface area contributed by atoms with Crippen molar-refractivity contribution in [2.24, 2.45) is 5.92 Å². The van der Waals surface area contributed by atoms with Crippen LogP contribution in [0.2, 0.25) is 0 Å². The van der Waals surface area contributed by atoms with E-state index in [1.165, 1.54) is 11.3 Å². The van der Waals surface area contributed by atoms with Crippen LogP contribution in [0.5, 0.6) is 0 Å². The van der Waals surface area contributed by atoms with Gasteiger partial charge in [0, 0.05) is 38.4 Å². The van der Waals surface area contributed by atoms with Crippen LogP contribution in [0.3, 0.4) is 0 Å². The van der Waals surface area contributed by atoms with Crippen molar-refractivity contribution in [2.45, 2.75) is 53.0 Å². The highest BCUT2D eigenvalue weighted by molar-refractivity contribution is 5.87. The molecule has 0 radical (unpaired) electrons. The van der Waals surface area contributed by atoms with E-state index in [0.717, 1.165) is 45.4 Å². The fourth-order valence-electron chi connectivity index (χ4n) is 3.64. The molecule has 1 unspecified atom stereocenters. The maximum absolute atomic E-state index is 12.8. The van der Waals surface area contributed by atoms with Crippen molar-refractivity contribution in [1.82, 2.24) is 15.5 Å². The maximum atomic E-state index is 12.8. The van der Waals surface area contributed by atoms with Gasteiger partial charge < -0.3 is 20.4 Å². The Balaban J connectivity index is 1.91. The van der Waals surface area contributed by atoms with Gasteiger partial charge in [-0.05, 0) is 44.2 Å². The number of nitrogens with zero attached hydrogens (tertiary/aromatic N) is 2. The molecule has 2 N–H and O–H groups in total. The molecule has 1 aromatic carbocycles. The number of carbonyl (C=O) groups is 2. The lowest BCUT2D eigenvalue weighted by atomic mass is 9.98. The maximum Gasteiger partial charge on any atom is 0.318 e. The molecular weight excluding hydrogens is 352 g/mol. The quantitative estimate of drug-likeness (QED) is 0.683. The second kappa shape index (κ2) is 10.9. The van der Waals surface area contributed by atoms with E-state index in [1.54, 1.807) is 4.90 Å². The number of likely N-dealkylation sites (N-methyl/N-ethyl adjacent to an activating group) is 1. The monoisotopic (exact) mass is 388 g/mol. The number of nitrogens with one attached hydrogen (secondary N) is 2. The predicted octanol–water partition coefficient (Wildman–Crippen LogP) is 3.16. The molecule has 0 saturated carbocycles. The number of urea groups is 1. The minimum absolute atomic E-state index is 0.0881. The molecular formula is C22H36N4O2. The van der Waals surface area contributed by atoms with Crippen molar-refractivity contribution in [3.05, 3.63) is 29.8 Å². The molecule has 6 heteroatoms. The number of aryl methyl sites for hydroxylation is 1. The Morgan fingerprint density at radius 3 is 2.46 bits per heavy atom.